The molecule has 28 heavy (non-hydrogen) atoms. The van der Waals surface area contributed by atoms with Crippen LogP contribution in [0.1, 0.15) is 22.7 Å². The second-order valence-electron chi connectivity index (χ2n) is 7.11. The van der Waals surface area contributed by atoms with E-state index in [2.05, 4.69) is 29.2 Å². The van der Waals surface area contributed by atoms with Crippen LogP contribution in [0.25, 0.3) is 0 Å². The van der Waals surface area contributed by atoms with Crippen LogP contribution in [0, 0.1) is 0 Å². The van der Waals surface area contributed by atoms with Crippen LogP contribution in [-0.4, -0.2) is 22.2 Å². The Hall–Kier alpha value is -2.23. The fourth-order valence-corrected chi connectivity index (χ4v) is 5.37. The van der Waals surface area contributed by atoms with Gasteiger partial charge in [0.15, 0.2) is 0 Å². The van der Waals surface area contributed by atoms with Gasteiger partial charge < -0.3 is 9.42 Å². The molecule has 0 radical (unpaired) electrons. The summed E-state index contributed by atoms with van der Waals surface area (Å²) in [5.41, 5.74) is 3.23. The van der Waals surface area contributed by atoms with Crippen molar-refractivity contribution in [3.8, 4) is 0 Å². The van der Waals surface area contributed by atoms with Crippen molar-refractivity contribution in [2.45, 2.75) is 24.8 Å². The maximum Gasteiger partial charge on any atom is 0.345 e. The van der Waals surface area contributed by atoms with Gasteiger partial charge in [-0.05, 0) is 23.1 Å². The van der Waals surface area contributed by atoms with Crippen molar-refractivity contribution in [1.29, 1.82) is 0 Å². The summed E-state index contributed by atoms with van der Waals surface area (Å²) in [5.74, 6) is -0.603. The quantitative estimate of drug-likeness (QED) is 0.619. The van der Waals surface area contributed by atoms with Crippen LogP contribution in [0.5, 0.6) is 0 Å². The molecule has 144 valence electrons. The Balaban J connectivity index is 1.72. The predicted octanol–water partition coefficient (Wildman–Crippen LogP) is 5.01. The van der Waals surface area contributed by atoms with Crippen LogP contribution < -0.4 is 0 Å². The maximum absolute atomic E-state index is 13.0. The minimum Gasteiger partial charge on any atom is -0.323 e. The first-order valence-electron chi connectivity index (χ1n) is 9.49. The Morgan fingerprint density at radius 1 is 0.857 bits per heavy atom. The fourth-order valence-electron chi connectivity index (χ4n) is 3.78. The topological polar surface area (TPSA) is 49.8 Å². The molecule has 0 saturated carbocycles. The molecule has 4 nitrogen and oxygen atoms in total. The molecule has 0 spiro atoms. The normalized spacial score (nSPS) is 25.5. The summed E-state index contributed by atoms with van der Waals surface area (Å²) in [6.07, 6.45) is 0.463. The Bertz CT molecular complexity index is 934. The van der Waals surface area contributed by atoms with Gasteiger partial charge in [0, 0.05) is 6.54 Å². The molecule has 3 atom stereocenters. The third-order valence-corrected chi connectivity index (χ3v) is 6.98. The molecule has 1 heterocycles. The lowest BCUT2D eigenvalue weighted by atomic mass is 10.0. The molecule has 1 unspecified atom stereocenters. The van der Waals surface area contributed by atoms with Crippen molar-refractivity contribution >= 4 is 7.60 Å². The summed E-state index contributed by atoms with van der Waals surface area (Å²) in [4.78, 5) is 12.8. The smallest absolute Gasteiger partial charge is 0.323 e. The highest BCUT2D eigenvalue weighted by Crippen LogP contribution is 2.56. The molecule has 0 amide bonds. The van der Waals surface area contributed by atoms with Crippen LogP contribution in [0.15, 0.2) is 91.0 Å². The summed E-state index contributed by atoms with van der Waals surface area (Å²) in [5, 5.41) is 0. The zero-order chi connectivity index (χ0) is 19.4. The van der Waals surface area contributed by atoms with E-state index in [0.717, 1.165) is 16.7 Å². The standard InChI is InChI=1S/C23H24NO3P/c25-28(26)23(16-19-10-4-1-5-11-19)24(17-20-12-6-2-7-13-20)22(18-27-28)21-14-8-3-9-15-21/h1-15,22-23H,16-18H2,(H,25,26)/t22-,23-/m0/s1. The second-order valence-corrected chi connectivity index (χ2v) is 9.10. The van der Waals surface area contributed by atoms with E-state index in [1.54, 1.807) is 0 Å². The van der Waals surface area contributed by atoms with Gasteiger partial charge in [0.2, 0.25) is 0 Å². The van der Waals surface area contributed by atoms with Crippen molar-refractivity contribution in [2.75, 3.05) is 6.61 Å². The van der Waals surface area contributed by atoms with E-state index in [9.17, 15) is 9.46 Å². The van der Waals surface area contributed by atoms with Gasteiger partial charge in [0.1, 0.15) is 5.78 Å². The SMILES string of the molecule is O=P1(O)OC[C@@H](c2ccccc2)N(Cc2ccccc2)[C@@H]1Cc1ccccc1. The molecule has 1 saturated heterocycles. The van der Waals surface area contributed by atoms with Gasteiger partial charge in [-0.2, -0.15) is 0 Å². The van der Waals surface area contributed by atoms with Crippen molar-refractivity contribution < 1.29 is 14.0 Å². The summed E-state index contributed by atoms with van der Waals surface area (Å²) in [7, 11) is -3.79. The van der Waals surface area contributed by atoms with E-state index < -0.39 is 13.4 Å². The first-order valence-corrected chi connectivity index (χ1v) is 11.1. The van der Waals surface area contributed by atoms with Gasteiger partial charge in [0.25, 0.3) is 0 Å². The molecule has 5 heteroatoms. The summed E-state index contributed by atoms with van der Waals surface area (Å²) in [6, 6.07) is 29.9. The molecule has 1 fully saturated rings. The Morgan fingerprint density at radius 2 is 1.39 bits per heavy atom. The highest BCUT2D eigenvalue weighted by Gasteiger charge is 2.45. The average molecular weight is 393 g/mol. The number of nitrogens with zero attached hydrogens (tertiary/aromatic N) is 1. The van der Waals surface area contributed by atoms with Crippen LogP contribution in [-0.2, 0) is 22.1 Å². The minimum absolute atomic E-state index is 0.0793. The van der Waals surface area contributed by atoms with Crippen LogP contribution in [0.2, 0.25) is 0 Å². The Morgan fingerprint density at radius 3 is 2.00 bits per heavy atom. The molecule has 3 aromatic rings. The Labute approximate surface area is 165 Å². The van der Waals surface area contributed by atoms with Crippen molar-refractivity contribution in [2.24, 2.45) is 0 Å². The summed E-state index contributed by atoms with van der Waals surface area (Å²) < 4.78 is 18.6. The zero-order valence-electron chi connectivity index (χ0n) is 15.6. The van der Waals surface area contributed by atoms with Crippen LogP contribution >= 0.6 is 7.60 Å². The fraction of sp³-hybridized carbons (Fsp3) is 0.217. The lowest BCUT2D eigenvalue weighted by molar-refractivity contribution is 0.0532. The number of rotatable bonds is 5. The molecule has 0 aromatic heterocycles. The first-order chi connectivity index (χ1) is 13.6. The minimum atomic E-state index is -3.79. The molecule has 1 N–H and O–H groups in total. The highest BCUT2D eigenvalue weighted by atomic mass is 31.2. The monoisotopic (exact) mass is 393 g/mol. The molecular formula is C23H24NO3P. The van der Waals surface area contributed by atoms with E-state index in [1.807, 2.05) is 66.7 Å². The molecule has 1 aliphatic heterocycles. The van der Waals surface area contributed by atoms with E-state index >= 15 is 0 Å². The Kier molecular flexibility index (Phi) is 5.74. The van der Waals surface area contributed by atoms with Gasteiger partial charge in [-0.3, -0.25) is 9.46 Å². The molecule has 4 rings (SSSR count). The van der Waals surface area contributed by atoms with E-state index in [-0.39, 0.29) is 12.6 Å². The second kappa shape index (κ2) is 8.42. The van der Waals surface area contributed by atoms with Gasteiger partial charge in [-0.15, -0.1) is 0 Å². The van der Waals surface area contributed by atoms with Crippen LogP contribution in [0.4, 0.5) is 0 Å². The van der Waals surface area contributed by atoms with Gasteiger partial charge in [0.05, 0.1) is 12.6 Å². The zero-order valence-corrected chi connectivity index (χ0v) is 16.5. The van der Waals surface area contributed by atoms with E-state index in [4.69, 9.17) is 4.52 Å². The molecule has 3 aromatic carbocycles. The predicted molar refractivity (Wildman–Crippen MR) is 111 cm³/mol. The number of hydrogen-bond donors (Lipinski definition) is 1. The van der Waals surface area contributed by atoms with Gasteiger partial charge in [-0.25, -0.2) is 0 Å². The summed E-state index contributed by atoms with van der Waals surface area (Å²) >= 11 is 0. The molecular weight excluding hydrogens is 369 g/mol. The molecule has 0 bridgehead atoms. The maximum atomic E-state index is 13.0. The van der Waals surface area contributed by atoms with Gasteiger partial charge in [-0.1, -0.05) is 91.0 Å². The lowest BCUT2D eigenvalue weighted by Gasteiger charge is -2.44. The third kappa shape index (κ3) is 4.26. The van der Waals surface area contributed by atoms with Crippen LogP contribution in [0.3, 0.4) is 0 Å². The van der Waals surface area contributed by atoms with E-state index in [1.165, 1.54) is 0 Å². The van der Waals surface area contributed by atoms with Gasteiger partial charge >= 0.3 is 7.60 Å². The van der Waals surface area contributed by atoms with Crippen molar-refractivity contribution in [3.05, 3.63) is 108 Å². The highest BCUT2D eigenvalue weighted by molar-refractivity contribution is 7.53. The largest absolute Gasteiger partial charge is 0.345 e. The van der Waals surface area contributed by atoms with Crippen molar-refractivity contribution in [3.63, 3.8) is 0 Å². The van der Waals surface area contributed by atoms with Crippen molar-refractivity contribution in [1.82, 2.24) is 4.90 Å². The first kappa shape index (κ1) is 19.1. The summed E-state index contributed by atoms with van der Waals surface area (Å²) in [6.45, 7) is 0.793. The molecule has 0 aliphatic carbocycles. The number of hydrogen-bond acceptors (Lipinski definition) is 3. The molecule has 1 aliphatic rings. The lowest BCUT2D eigenvalue weighted by Crippen LogP contribution is -2.45. The third-order valence-electron chi connectivity index (χ3n) is 5.23. The van der Waals surface area contributed by atoms with E-state index in [0.29, 0.717) is 13.0 Å². The number of benzene rings is 3. The average Bonchev–Trinajstić information content (AvgIpc) is 2.73.